The minimum absolute atomic E-state index is 0.0697. The molecule has 6 nitrogen and oxygen atoms in total. The Labute approximate surface area is 135 Å². The van der Waals surface area contributed by atoms with E-state index in [1.165, 1.54) is 0 Å². The molecule has 1 amide bonds. The summed E-state index contributed by atoms with van der Waals surface area (Å²) in [6.07, 6.45) is 4.72. The fourth-order valence-electron chi connectivity index (χ4n) is 4.45. The molecule has 1 N–H and O–H groups in total. The number of nitrogens with zero attached hydrogens (tertiary/aromatic N) is 2. The molecular formula is C17H24N2O4. The molecule has 0 radical (unpaired) electrons. The monoisotopic (exact) mass is 320 g/mol. The maximum absolute atomic E-state index is 13.1. The third-order valence-electron chi connectivity index (χ3n) is 5.52. The topological polar surface area (TPSA) is 83.6 Å². The van der Waals surface area contributed by atoms with Gasteiger partial charge in [-0.3, -0.25) is 4.79 Å². The van der Waals surface area contributed by atoms with E-state index in [0.29, 0.717) is 23.8 Å². The van der Waals surface area contributed by atoms with Gasteiger partial charge >= 0.3 is 5.97 Å². The van der Waals surface area contributed by atoms with Crippen LogP contribution in [0.25, 0.3) is 0 Å². The standard InChI is InChI=1S/C17H24N2O4/c1-9(15-10(2)18-23-11(15)3)16(20)19-13-7-5-4-6-12(13)8-14(19)17(21)22/h9,12-14H,4-8H2,1-3H3,(H,21,22)/t9-,12+,13+,14-/m0/s1. The fraction of sp³-hybridized carbons (Fsp3) is 0.706. The van der Waals surface area contributed by atoms with Gasteiger partial charge in [-0.25, -0.2) is 4.79 Å². The van der Waals surface area contributed by atoms with Crippen molar-refractivity contribution in [1.82, 2.24) is 10.1 Å². The van der Waals surface area contributed by atoms with Gasteiger partial charge in [0.1, 0.15) is 11.8 Å². The molecule has 0 aromatic carbocycles. The summed E-state index contributed by atoms with van der Waals surface area (Å²) in [5.41, 5.74) is 1.49. The van der Waals surface area contributed by atoms with E-state index in [9.17, 15) is 14.7 Å². The van der Waals surface area contributed by atoms with Crippen LogP contribution in [0.5, 0.6) is 0 Å². The number of carboxylic acid groups (broad SMARTS) is 1. The lowest BCUT2D eigenvalue weighted by atomic mass is 9.84. The molecule has 1 aromatic heterocycles. The highest BCUT2D eigenvalue weighted by Gasteiger charge is 2.48. The summed E-state index contributed by atoms with van der Waals surface area (Å²) >= 11 is 0. The zero-order valence-electron chi connectivity index (χ0n) is 13.9. The minimum atomic E-state index is -0.890. The van der Waals surface area contributed by atoms with E-state index in [4.69, 9.17) is 4.52 Å². The Morgan fingerprint density at radius 2 is 2.00 bits per heavy atom. The molecule has 4 atom stereocenters. The molecule has 1 saturated carbocycles. The number of carbonyl (C=O) groups excluding carboxylic acids is 1. The number of rotatable bonds is 3. The normalized spacial score (nSPS) is 28.5. The van der Waals surface area contributed by atoms with Crippen LogP contribution in [0, 0.1) is 19.8 Å². The van der Waals surface area contributed by atoms with E-state index in [2.05, 4.69) is 5.16 Å². The molecule has 23 heavy (non-hydrogen) atoms. The summed E-state index contributed by atoms with van der Waals surface area (Å²) in [5.74, 6) is -0.469. The number of fused-ring (bicyclic) bond motifs is 1. The van der Waals surface area contributed by atoms with Crippen LogP contribution in [0.4, 0.5) is 0 Å². The predicted molar refractivity (Wildman–Crippen MR) is 83.0 cm³/mol. The predicted octanol–water partition coefficient (Wildman–Crippen LogP) is 2.64. The molecule has 1 aliphatic carbocycles. The van der Waals surface area contributed by atoms with E-state index in [0.717, 1.165) is 31.2 Å². The second kappa shape index (κ2) is 5.98. The third-order valence-corrected chi connectivity index (χ3v) is 5.52. The first-order valence-corrected chi connectivity index (χ1v) is 8.39. The van der Waals surface area contributed by atoms with E-state index < -0.39 is 17.9 Å². The van der Waals surface area contributed by atoms with Crippen molar-refractivity contribution in [3.8, 4) is 0 Å². The number of aliphatic carboxylic acids is 1. The highest BCUT2D eigenvalue weighted by molar-refractivity contribution is 5.89. The number of carbonyl (C=O) groups is 2. The van der Waals surface area contributed by atoms with Crippen molar-refractivity contribution in [2.75, 3.05) is 0 Å². The van der Waals surface area contributed by atoms with Crippen LogP contribution in [0.2, 0.25) is 0 Å². The summed E-state index contributed by atoms with van der Waals surface area (Å²) in [6, 6.07) is -0.626. The largest absolute Gasteiger partial charge is 0.480 e. The van der Waals surface area contributed by atoms with E-state index >= 15 is 0 Å². The average molecular weight is 320 g/mol. The van der Waals surface area contributed by atoms with Crippen LogP contribution in [-0.2, 0) is 9.59 Å². The van der Waals surface area contributed by atoms with Gasteiger partial charge in [0.05, 0.1) is 11.6 Å². The zero-order valence-corrected chi connectivity index (χ0v) is 13.9. The van der Waals surface area contributed by atoms with Crippen LogP contribution < -0.4 is 0 Å². The van der Waals surface area contributed by atoms with Gasteiger partial charge in [-0.15, -0.1) is 0 Å². The van der Waals surface area contributed by atoms with Gasteiger partial charge in [0, 0.05) is 11.6 Å². The summed E-state index contributed by atoms with van der Waals surface area (Å²) in [4.78, 5) is 26.4. The summed E-state index contributed by atoms with van der Waals surface area (Å²) in [5, 5.41) is 13.5. The van der Waals surface area contributed by atoms with Gasteiger partial charge in [-0.2, -0.15) is 0 Å². The molecule has 2 aliphatic rings. The Balaban J connectivity index is 1.90. The first-order chi connectivity index (χ1) is 10.9. The molecule has 126 valence electrons. The number of hydrogen-bond donors (Lipinski definition) is 1. The lowest BCUT2D eigenvalue weighted by Gasteiger charge is -2.34. The Bertz CT molecular complexity index is 605. The van der Waals surface area contributed by atoms with Gasteiger partial charge < -0.3 is 14.5 Å². The van der Waals surface area contributed by atoms with Gasteiger partial charge in [-0.1, -0.05) is 18.0 Å². The smallest absolute Gasteiger partial charge is 0.326 e. The molecule has 0 bridgehead atoms. The van der Waals surface area contributed by atoms with E-state index in [1.54, 1.807) is 11.8 Å². The molecule has 0 spiro atoms. The number of aryl methyl sites for hydroxylation is 2. The first kappa shape index (κ1) is 16.0. The third kappa shape index (κ3) is 2.64. The fourth-order valence-corrected chi connectivity index (χ4v) is 4.45. The van der Waals surface area contributed by atoms with Gasteiger partial charge in [0.25, 0.3) is 0 Å². The zero-order chi connectivity index (χ0) is 16.7. The lowest BCUT2D eigenvalue weighted by molar-refractivity contribution is -0.150. The quantitative estimate of drug-likeness (QED) is 0.925. The molecule has 1 aliphatic heterocycles. The SMILES string of the molecule is Cc1noc(C)c1[C@H](C)C(=O)N1[C@@H]2CCCC[C@@H]2C[C@H]1C(=O)O. The number of carboxylic acids is 1. The van der Waals surface area contributed by atoms with Gasteiger partial charge in [-0.05, 0) is 46.0 Å². The minimum Gasteiger partial charge on any atom is -0.480 e. The van der Waals surface area contributed by atoms with Crippen molar-refractivity contribution >= 4 is 11.9 Å². The van der Waals surface area contributed by atoms with E-state index in [-0.39, 0.29) is 11.9 Å². The number of hydrogen-bond acceptors (Lipinski definition) is 4. The van der Waals surface area contributed by atoms with Crippen LogP contribution in [0.15, 0.2) is 4.52 Å². The average Bonchev–Trinajstić information content (AvgIpc) is 3.06. The summed E-state index contributed by atoms with van der Waals surface area (Å²) in [7, 11) is 0. The summed E-state index contributed by atoms with van der Waals surface area (Å²) in [6.45, 7) is 5.43. The Hall–Kier alpha value is -1.85. The van der Waals surface area contributed by atoms with Crippen molar-refractivity contribution in [2.45, 2.75) is 70.9 Å². The van der Waals surface area contributed by atoms with Crippen LogP contribution in [-0.4, -0.2) is 39.1 Å². The molecule has 6 heteroatoms. The Morgan fingerprint density at radius 1 is 1.30 bits per heavy atom. The molecule has 1 aromatic rings. The second-order valence-corrected chi connectivity index (χ2v) is 6.91. The van der Waals surface area contributed by atoms with Crippen LogP contribution >= 0.6 is 0 Å². The molecule has 2 fully saturated rings. The molecular weight excluding hydrogens is 296 g/mol. The lowest BCUT2D eigenvalue weighted by Crippen LogP contribution is -2.47. The summed E-state index contributed by atoms with van der Waals surface area (Å²) < 4.78 is 5.17. The number of likely N-dealkylation sites (tertiary alicyclic amines) is 1. The van der Waals surface area contributed by atoms with Crippen LogP contribution in [0.1, 0.15) is 62.0 Å². The second-order valence-electron chi connectivity index (χ2n) is 6.91. The highest BCUT2D eigenvalue weighted by atomic mass is 16.5. The number of amides is 1. The van der Waals surface area contributed by atoms with Crippen LogP contribution in [0.3, 0.4) is 0 Å². The molecule has 1 saturated heterocycles. The Morgan fingerprint density at radius 3 is 2.61 bits per heavy atom. The molecule has 0 unspecified atom stereocenters. The van der Waals surface area contributed by atoms with Crippen molar-refractivity contribution < 1.29 is 19.2 Å². The van der Waals surface area contributed by atoms with Gasteiger partial charge in [0.2, 0.25) is 5.91 Å². The van der Waals surface area contributed by atoms with Crippen molar-refractivity contribution in [2.24, 2.45) is 5.92 Å². The first-order valence-electron chi connectivity index (χ1n) is 8.39. The maximum atomic E-state index is 13.1. The van der Waals surface area contributed by atoms with Gasteiger partial charge in [0.15, 0.2) is 0 Å². The molecule has 3 rings (SSSR count). The van der Waals surface area contributed by atoms with Crippen molar-refractivity contribution in [1.29, 1.82) is 0 Å². The van der Waals surface area contributed by atoms with Crippen molar-refractivity contribution in [3.05, 3.63) is 17.0 Å². The maximum Gasteiger partial charge on any atom is 0.326 e. The van der Waals surface area contributed by atoms with E-state index in [1.807, 2.05) is 13.8 Å². The highest BCUT2D eigenvalue weighted by Crippen LogP contribution is 2.41. The Kier molecular flexibility index (Phi) is 4.17. The van der Waals surface area contributed by atoms with Crippen molar-refractivity contribution in [3.63, 3.8) is 0 Å². The molecule has 2 heterocycles. The number of aromatic nitrogens is 1.